The fourth-order valence-corrected chi connectivity index (χ4v) is 6.09. The number of anilines is 1. The number of aromatic nitrogens is 1. The van der Waals surface area contributed by atoms with Crippen LogP contribution in [0.25, 0.3) is 11.3 Å². The molecule has 4 fully saturated rings. The van der Waals surface area contributed by atoms with Gasteiger partial charge in [0.15, 0.2) is 5.76 Å². The minimum absolute atomic E-state index is 0.0692. The van der Waals surface area contributed by atoms with Gasteiger partial charge in [0.2, 0.25) is 5.91 Å². The van der Waals surface area contributed by atoms with Gasteiger partial charge in [-0.2, -0.15) is 0 Å². The van der Waals surface area contributed by atoms with Crippen molar-refractivity contribution in [3.8, 4) is 11.3 Å². The lowest BCUT2D eigenvalue weighted by molar-refractivity contribution is -0.185. The molecule has 3 N–H and O–H groups in total. The van der Waals surface area contributed by atoms with Crippen molar-refractivity contribution in [3.05, 3.63) is 69.9 Å². The highest BCUT2D eigenvalue weighted by molar-refractivity contribution is 6.33. The second-order valence-corrected chi connectivity index (χ2v) is 11.0. The van der Waals surface area contributed by atoms with E-state index < -0.39 is 5.91 Å². The molecular weight excluding hydrogens is 462 g/mol. The van der Waals surface area contributed by atoms with E-state index in [-0.39, 0.29) is 11.0 Å². The smallest absolute Gasteiger partial charge is 0.248 e. The second kappa shape index (κ2) is 8.38. The van der Waals surface area contributed by atoms with E-state index in [0.717, 1.165) is 78.9 Å². The highest BCUT2D eigenvalue weighted by atomic mass is 35.5. The van der Waals surface area contributed by atoms with Gasteiger partial charge in [-0.1, -0.05) is 41.0 Å². The molecule has 0 radical (unpaired) electrons. The first-order chi connectivity index (χ1) is 16.9. The zero-order chi connectivity index (χ0) is 24.2. The maximum absolute atomic E-state index is 11.4. The van der Waals surface area contributed by atoms with E-state index in [9.17, 15) is 4.79 Å². The molecule has 2 aromatic carbocycles. The van der Waals surface area contributed by atoms with E-state index in [1.807, 2.05) is 24.3 Å². The van der Waals surface area contributed by atoms with Crippen molar-refractivity contribution in [3.63, 3.8) is 0 Å². The monoisotopic (exact) mass is 491 g/mol. The fourth-order valence-electron chi connectivity index (χ4n) is 5.78. The van der Waals surface area contributed by atoms with Crippen molar-refractivity contribution in [1.82, 2.24) is 5.16 Å². The molecule has 1 amide bonds. The normalized spacial score (nSPS) is 25.5. The number of ether oxygens (including phenoxy) is 1. The number of amides is 1. The molecular formula is C28H30ClN3O3. The quantitative estimate of drug-likeness (QED) is 0.412. The highest BCUT2D eigenvalue weighted by Crippen LogP contribution is 2.54. The number of aryl methyl sites for hydroxylation is 1. The Kier molecular flexibility index (Phi) is 5.42. The summed E-state index contributed by atoms with van der Waals surface area (Å²) in [7, 11) is 0. The van der Waals surface area contributed by atoms with E-state index in [0.29, 0.717) is 23.1 Å². The largest absolute Gasteiger partial charge is 0.380 e. The van der Waals surface area contributed by atoms with Crippen molar-refractivity contribution in [2.24, 2.45) is 11.1 Å². The summed E-state index contributed by atoms with van der Waals surface area (Å²) < 4.78 is 12.4. The van der Waals surface area contributed by atoms with Crippen LogP contribution in [0.2, 0.25) is 5.02 Å². The summed E-state index contributed by atoms with van der Waals surface area (Å²) in [6.45, 7) is 3.56. The molecule has 2 aliphatic carbocycles. The molecule has 2 saturated heterocycles. The van der Waals surface area contributed by atoms with Crippen LogP contribution in [0.15, 0.2) is 47.0 Å². The zero-order valence-electron chi connectivity index (χ0n) is 19.9. The Morgan fingerprint density at radius 1 is 1.14 bits per heavy atom. The Balaban J connectivity index is 1.22. The van der Waals surface area contributed by atoms with Gasteiger partial charge in [-0.25, -0.2) is 0 Å². The summed E-state index contributed by atoms with van der Waals surface area (Å²) in [4.78, 5) is 11.4. The zero-order valence-corrected chi connectivity index (χ0v) is 20.7. The number of fused-ring (bicyclic) bond motifs is 3. The van der Waals surface area contributed by atoms with Gasteiger partial charge < -0.3 is 20.3 Å². The molecule has 2 bridgehead atoms. The van der Waals surface area contributed by atoms with E-state index in [4.69, 9.17) is 26.6 Å². The SMILES string of the molecule is Cc1cccc(Cl)c1-c1noc(C2CC2)c1NCC12CCC(c3ccc(C(N)=O)cc3)(CC1)OC2. The molecule has 0 atom stereocenters. The van der Waals surface area contributed by atoms with Crippen molar-refractivity contribution < 1.29 is 14.1 Å². The highest BCUT2D eigenvalue weighted by Gasteiger charge is 2.50. The maximum atomic E-state index is 11.4. The Bertz CT molecular complexity index is 1230. The molecule has 7 heteroatoms. The number of benzene rings is 2. The fraction of sp³-hybridized carbons (Fsp3) is 0.429. The van der Waals surface area contributed by atoms with E-state index in [2.05, 4.69) is 23.5 Å². The van der Waals surface area contributed by atoms with Crippen LogP contribution in [-0.2, 0) is 10.3 Å². The van der Waals surface area contributed by atoms with Gasteiger partial charge in [-0.05, 0) is 74.8 Å². The Morgan fingerprint density at radius 2 is 1.89 bits per heavy atom. The molecule has 6 nitrogen and oxygen atoms in total. The van der Waals surface area contributed by atoms with Gasteiger partial charge in [0.25, 0.3) is 0 Å². The number of nitrogens with two attached hydrogens (primary N) is 1. The Hall–Kier alpha value is -2.83. The summed E-state index contributed by atoms with van der Waals surface area (Å²) in [5.41, 5.74) is 10.7. The molecule has 182 valence electrons. The van der Waals surface area contributed by atoms with Crippen LogP contribution in [0.3, 0.4) is 0 Å². The predicted octanol–water partition coefficient (Wildman–Crippen LogP) is 6.18. The van der Waals surface area contributed by atoms with Crippen LogP contribution < -0.4 is 11.1 Å². The summed E-state index contributed by atoms with van der Waals surface area (Å²) in [6, 6.07) is 13.5. The minimum atomic E-state index is -0.405. The lowest BCUT2D eigenvalue weighted by atomic mass is 9.64. The first kappa shape index (κ1) is 22.6. The molecule has 3 heterocycles. The van der Waals surface area contributed by atoms with E-state index in [1.54, 1.807) is 12.1 Å². The summed E-state index contributed by atoms with van der Waals surface area (Å²) in [5, 5.41) is 8.91. The summed E-state index contributed by atoms with van der Waals surface area (Å²) in [5.74, 6) is 0.981. The molecule has 0 spiro atoms. The molecule has 2 aliphatic heterocycles. The number of carbonyl (C=O) groups excluding carboxylic acids is 1. The lowest BCUT2D eigenvalue weighted by Crippen LogP contribution is -2.52. The van der Waals surface area contributed by atoms with Crippen LogP contribution in [0.1, 0.15) is 71.7 Å². The molecule has 7 rings (SSSR count). The van der Waals surface area contributed by atoms with Crippen molar-refractivity contribution >= 4 is 23.2 Å². The summed E-state index contributed by atoms with van der Waals surface area (Å²) >= 11 is 6.60. The second-order valence-electron chi connectivity index (χ2n) is 10.6. The van der Waals surface area contributed by atoms with Gasteiger partial charge in [-0.15, -0.1) is 0 Å². The number of nitrogens with one attached hydrogen (secondary N) is 1. The third-order valence-electron chi connectivity index (χ3n) is 8.23. The number of rotatable bonds is 7. The van der Waals surface area contributed by atoms with Gasteiger partial charge in [0.05, 0.1) is 17.2 Å². The van der Waals surface area contributed by atoms with E-state index >= 15 is 0 Å². The molecule has 1 aromatic heterocycles. The molecule has 2 saturated carbocycles. The molecule has 4 aliphatic rings. The number of hydrogen-bond acceptors (Lipinski definition) is 5. The summed E-state index contributed by atoms with van der Waals surface area (Å²) in [6.07, 6.45) is 6.33. The number of hydrogen-bond donors (Lipinski definition) is 2. The van der Waals surface area contributed by atoms with Gasteiger partial charge in [0, 0.05) is 29.0 Å². The van der Waals surface area contributed by atoms with Crippen LogP contribution in [-0.4, -0.2) is 24.2 Å². The standard InChI is InChI=1S/C28H30ClN3O3/c1-17-3-2-4-21(29)22(17)23-24(25(35-32-23)18-5-6-18)31-15-27-11-13-28(14-12-27,34-16-27)20-9-7-19(8-10-20)26(30)33/h2-4,7-10,18,31H,5-6,11-16H2,1H3,(H2,30,33). The van der Waals surface area contributed by atoms with Crippen molar-refractivity contribution in [2.75, 3.05) is 18.5 Å². The maximum Gasteiger partial charge on any atom is 0.248 e. The van der Waals surface area contributed by atoms with Crippen molar-refractivity contribution in [2.45, 2.75) is 57.0 Å². The average molecular weight is 492 g/mol. The first-order valence-electron chi connectivity index (χ1n) is 12.4. The first-order valence-corrected chi connectivity index (χ1v) is 12.8. The van der Waals surface area contributed by atoms with Gasteiger partial charge in [-0.3, -0.25) is 4.79 Å². The van der Waals surface area contributed by atoms with E-state index in [1.165, 1.54) is 0 Å². The van der Waals surface area contributed by atoms with Gasteiger partial charge in [0.1, 0.15) is 11.4 Å². The van der Waals surface area contributed by atoms with Crippen LogP contribution in [0, 0.1) is 12.3 Å². The third-order valence-corrected chi connectivity index (χ3v) is 8.55. The third kappa shape index (κ3) is 3.93. The number of halogens is 1. The Labute approximate surface area is 210 Å². The Morgan fingerprint density at radius 3 is 2.49 bits per heavy atom. The van der Waals surface area contributed by atoms with Gasteiger partial charge >= 0.3 is 0 Å². The van der Waals surface area contributed by atoms with Crippen LogP contribution in [0.4, 0.5) is 5.69 Å². The topological polar surface area (TPSA) is 90.4 Å². The average Bonchev–Trinajstić information content (AvgIpc) is 3.64. The number of nitrogens with zero attached hydrogens (tertiary/aromatic N) is 1. The molecule has 0 unspecified atom stereocenters. The van der Waals surface area contributed by atoms with Crippen molar-refractivity contribution in [1.29, 1.82) is 0 Å². The number of primary amides is 1. The minimum Gasteiger partial charge on any atom is -0.380 e. The molecule has 3 aromatic rings. The molecule has 35 heavy (non-hydrogen) atoms. The lowest BCUT2D eigenvalue weighted by Gasteiger charge is -2.53. The predicted molar refractivity (Wildman–Crippen MR) is 136 cm³/mol. The van der Waals surface area contributed by atoms with Crippen LogP contribution in [0.5, 0.6) is 0 Å². The number of carbonyl (C=O) groups is 1. The van der Waals surface area contributed by atoms with Crippen LogP contribution >= 0.6 is 11.6 Å².